The number of hydrogen-bond donors (Lipinski definition) is 0. The van der Waals surface area contributed by atoms with Crippen LogP contribution in [0.2, 0.25) is 10.0 Å². The molecule has 6 nitrogen and oxygen atoms in total. The molecule has 1 heterocycles. The maximum Gasteiger partial charge on any atom is 0.343 e. The summed E-state index contributed by atoms with van der Waals surface area (Å²) in [6, 6.07) is 8.70. The van der Waals surface area contributed by atoms with Gasteiger partial charge in [-0.2, -0.15) is 4.31 Å². The molecule has 0 aromatic heterocycles. The smallest absolute Gasteiger partial charge is 0.343 e. The fourth-order valence-electron chi connectivity index (χ4n) is 3.28. The molecule has 29 heavy (non-hydrogen) atoms. The summed E-state index contributed by atoms with van der Waals surface area (Å²) >= 11 is 12.0. The highest BCUT2D eigenvalue weighted by atomic mass is 35.5. The Bertz CT molecular complexity index is 1030. The second kappa shape index (κ2) is 8.92. The quantitative estimate of drug-likeness (QED) is 0.476. The van der Waals surface area contributed by atoms with E-state index < -0.39 is 16.0 Å². The van der Waals surface area contributed by atoms with E-state index in [1.165, 1.54) is 35.7 Å². The van der Waals surface area contributed by atoms with E-state index in [0.717, 1.165) is 19.3 Å². The van der Waals surface area contributed by atoms with Crippen LogP contribution in [0, 0.1) is 0 Å². The van der Waals surface area contributed by atoms with E-state index >= 15 is 0 Å². The largest absolute Gasteiger partial charge is 0.495 e. The Balaban J connectivity index is 1.96. The summed E-state index contributed by atoms with van der Waals surface area (Å²) in [5.74, 6) is -0.492. The van der Waals surface area contributed by atoms with Gasteiger partial charge in [-0.1, -0.05) is 35.7 Å². The maximum absolute atomic E-state index is 13.3. The lowest BCUT2D eigenvalue weighted by atomic mass is 10.1. The van der Waals surface area contributed by atoms with Gasteiger partial charge in [0.15, 0.2) is 5.75 Å². The van der Waals surface area contributed by atoms with Crippen LogP contribution in [0.15, 0.2) is 41.3 Å². The number of sulfonamides is 1. The van der Waals surface area contributed by atoms with Gasteiger partial charge in [-0.25, -0.2) is 13.2 Å². The van der Waals surface area contributed by atoms with Crippen molar-refractivity contribution in [1.29, 1.82) is 0 Å². The van der Waals surface area contributed by atoms with Crippen LogP contribution in [0.5, 0.6) is 11.5 Å². The van der Waals surface area contributed by atoms with Gasteiger partial charge in [0.2, 0.25) is 10.0 Å². The molecule has 0 N–H and O–H groups in total. The third-order valence-corrected chi connectivity index (χ3v) is 7.68. The molecule has 0 amide bonds. The van der Waals surface area contributed by atoms with Crippen molar-refractivity contribution in [2.24, 2.45) is 0 Å². The Kier molecular flexibility index (Phi) is 6.73. The molecule has 0 aliphatic carbocycles. The lowest BCUT2D eigenvalue weighted by Gasteiger charge is -2.32. The molecule has 0 radical (unpaired) electrons. The summed E-state index contributed by atoms with van der Waals surface area (Å²) in [5, 5.41) is 0.347. The summed E-state index contributed by atoms with van der Waals surface area (Å²) < 4.78 is 38.5. The molecule has 156 valence electrons. The first-order chi connectivity index (χ1) is 13.8. The van der Waals surface area contributed by atoms with Crippen molar-refractivity contribution < 1.29 is 22.7 Å². The zero-order chi connectivity index (χ0) is 21.2. The highest BCUT2D eigenvalue weighted by Gasteiger charge is 2.33. The number of ether oxygens (including phenoxy) is 2. The fraction of sp³-hybridized carbons (Fsp3) is 0.350. The van der Waals surface area contributed by atoms with E-state index in [2.05, 4.69) is 0 Å². The minimum atomic E-state index is -3.84. The normalized spacial score (nSPS) is 17.7. The summed E-state index contributed by atoms with van der Waals surface area (Å²) in [6.45, 7) is 2.31. The minimum Gasteiger partial charge on any atom is -0.495 e. The number of benzene rings is 2. The van der Waals surface area contributed by atoms with Crippen LogP contribution in [-0.2, 0) is 10.0 Å². The lowest BCUT2D eigenvalue weighted by molar-refractivity contribution is 0.0734. The summed E-state index contributed by atoms with van der Waals surface area (Å²) in [7, 11) is -2.46. The van der Waals surface area contributed by atoms with Gasteiger partial charge in [-0.15, -0.1) is 0 Å². The molecule has 3 rings (SSSR count). The second-order valence-corrected chi connectivity index (χ2v) is 9.41. The summed E-state index contributed by atoms with van der Waals surface area (Å²) in [5.41, 5.74) is 0.0603. The second-order valence-electron chi connectivity index (χ2n) is 6.77. The zero-order valence-electron chi connectivity index (χ0n) is 16.0. The highest BCUT2D eigenvalue weighted by Crippen LogP contribution is 2.34. The Morgan fingerprint density at radius 2 is 1.90 bits per heavy atom. The van der Waals surface area contributed by atoms with E-state index in [4.69, 9.17) is 32.7 Å². The van der Waals surface area contributed by atoms with E-state index in [9.17, 15) is 13.2 Å². The van der Waals surface area contributed by atoms with Crippen molar-refractivity contribution in [1.82, 2.24) is 4.31 Å². The molecule has 0 saturated carbocycles. The number of carbonyl (C=O) groups excluding carboxylic acids is 1. The number of piperidine rings is 1. The fourth-order valence-corrected chi connectivity index (χ4v) is 5.50. The average molecular weight is 458 g/mol. The van der Waals surface area contributed by atoms with Crippen LogP contribution in [0.4, 0.5) is 0 Å². The van der Waals surface area contributed by atoms with Gasteiger partial charge in [-0.05, 0) is 50.1 Å². The SMILES string of the molecule is COc1ccc(C(=O)Oc2cccc(Cl)c2Cl)cc1S(=O)(=O)N1CCCCC1C. The third-order valence-electron chi connectivity index (χ3n) is 4.85. The molecule has 0 bridgehead atoms. The van der Waals surface area contributed by atoms with Crippen molar-refractivity contribution in [2.75, 3.05) is 13.7 Å². The monoisotopic (exact) mass is 457 g/mol. The van der Waals surface area contributed by atoms with Crippen LogP contribution in [0.3, 0.4) is 0 Å². The molecule has 2 aromatic carbocycles. The molecule has 1 fully saturated rings. The van der Waals surface area contributed by atoms with Gasteiger partial charge in [0.05, 0.1) is 17.7 Å². The van der Waals surface area contributed by atoms with Gasteiger partial charge in [0, 0.05) is 12.6 Å². The lowest BCUT2D eigenvalue weighted by Crippen LogP contribution is -2.42. The van der Waals surface area contributed by atoms with Crippen LogP contribution < -0.4 is 9.47 Å². The number of carbonyl (C=O) groups is 1. The summed E-state index contributed by atoms with van der Waals surface area (Å²) in [4.78, 5) is 12.6. The first kappa shape index (κ1) is 21.9. The number of nitrogens with zero attached hydrogens (tertiary/aromatic N) is 1. The van der Waals surface area contributed by atoms with Crippen LogP contribution in [0.1, 0.15) is 36.5 Å². The average Bonchev–Trinajstić information content (AvgIpc) is 2.71. The molecule has 1 aliphatic heterocycles. The molecule has 2 aromatic rings. The highest BCUT2D eigenvalue weighted by molar-refractivity contribution is 7.89. The van der Waals surface area contributed by atoms with E-state index in [1.54, 1.807) is 12.1 Å². The molecule has 1 aliphatic rings. The number of halogens is 2. The Labute approximate surface area is 180 Å². The van der Waals surface area contributed by atoms with Gasteiger partial charge < -0.3 is 9.47 Å². The number of esters is 1. The van der Waals surface area contributed by atoms with Crippen molar-refractivity contribution >= 4 is 39.2 Å². The van der Waals surface area contributed by atoms with Crippen molar-refractivity contribution in [3.8, 4) is 11.5 Å². The molecular weight excluding hydrogens is 437 g/mol. The van der Waals surface area contributed by atoms with Crippen molar-refractivity contribution in [2.45, 2.75) is 37.1 Å². The standard InChI is InChI=1S/C20H21Cl2NO5S/c1-13-6-3-4-11-23(13)29(25,26)18-12-14(9-10-16(18)27-2)20(24)28-17-8-5-7-15(21)19(17)22/h5,7-10,12-13H,3-4,6,11H2,1-2H3. The van der Waals surface area contributed by atoms with Gasteiger partial charge in [0.25, 0.3) is 0 Å². The third kappa shape index (κ3) is 4.53. The maximum atomic E-state index is 13.3. The Morgan fingerprint density at radius 3 is 2.59 bits per heavy atom. The number of methoxy groups -OCH3 is 1. The molecular formula is C20H21Cl2NO5S. The van der Waals surface area contributed by atoms with Crippen molar-refractivity contribution in [3.05, 3.63) is 52.0 Å². The van der Waals surface area contributed by atoms with E-state index in [0.29, 0.717) is 6.54 Å². The number of rotatable bonds is 5. The van der Waals surface area contributed by atoms with Crippen molar-refractivity contribution in [3.63, 3.8) is 0 Å². The first-order valence-electron chi connectivity index (χ1n) is 9.11. The van der Waals surface area contributed by atoms with E-state index in [1.807, 2.05) is 6.92 Å². The first-order valence-corrected chi connectivity index (χ1v) is 11.3. The molecule has 0 spiro atoms. The Hall–Kier alpha value is -1.80. The summed E-state index contributed by atoms with van der Waals surface area (Å²) in [6.07, 6.45) is 2.56. The predicted molar refractivity (Wildman–Crippen MR) is 112 cm³/mol. The topological polar surface area (TPSA) is 72.9 Å². The van der Waals surface area contributed by atoms with Crippen LogP contribution in [-0.4, -0.2) is 38.4 Å². The molecule has 1 unspecified atom stereocenters. The molecule has 1 atom stereocenters. The number of hydrogen-bond acceptors (Lipinski definition) is 5. The van der Waals surface area contributed by atoms with E-state index in [-0.39, 0.29) is 38.0 Å². The van der Waals surface area contributed by atoms with Gasteiger partial charge in [0.1, 0.15) is 15.7 Å². The van der Waals surface area contributed by atoms with Crippen LogP contribution in [0.25, 0.3) is 0 Å². The zero-order valence-corrected chi connectivity index (χ0v) is 18.4. The predicted octanol–water partition coefficient (Wildman–Crippen LogP) is 4.78. The van der Waals surface area contributed by atoms with Gasteiger partial charge in [-0.3, -0.25) is 0 Å². The van der Waals surface area contributed by atoms with Gasteiger partial charge >= 0.3 is 5.97 Å². The van der Waals surface area contributed by atoms with Crippen LogP contribution >= 0.6 is 23.2 Å². The molecule has 9 heteroatoms. The minimum absolute atomic E-state index is 0.0603. The molecule has 1 saturated heterocycles. The Morgan fingerprint density at radius 1 is 1.14 bits per heavy atom.